The average Bonchev–Trinajstić information content (AvgIpc) is 2.63. The maximum atomic E-state index is 5.00. The highest BCUT2D eigenvalue weighted by molar-refractivity contribution is 7.15. The highest BCUT2D eigenvalue weighted by Gasteiger charge is 2.08. The third kappa shape index (κ3) is 2.25. The van der Waals surface area contributed by atoms with Crippen LogP contribution < -0.4 is 0 Å². The first kappa shape index (κ1) is 10.3. The average molecular weight is 218 g/mol. The second-order valence-electron chi connectivity index (χ2n) is 3.19. The quantitative estimate of drug-likeness (QED) is 0.788. The van der Waals surface area contributed by atoms with Crippen molar-refractivity contribution in [3.8, 4) is 10.6 Å². The molecule has 1 heterocycles. The molecule has 0 amide bonds. The fraction of sp³-hybridized carbons (Fsp3) is 0.167. The lowest BCUT2D eigenvalue weighted by molar-refractivity contribution is 0.294. The largest absolute Gasteiger partial charge is 0.373 e. The van der Waals surface area contributed by atoms with Crippen LogP contribution in [0.4, 0.5) is 0 Å². The van der Waals surface area contributed by atoms with E-state index in [0.717, 1.165) is 21.1 Å². The maximum absolute atomic E-state index is 5.00. The van der Waals surface area contributed by atoms with Crippen LogP contribution in [0.3, 0.4) is 0 Å². The number of thiazole rings is 1. The van der Waals surface area contributed by atoms with Gasteiger partial charge in [0.2, 0.25) is 0 Å². The zero-order valence-electron chi connectivity index (χ0n) is 8.73. The first-order valence-electron chi connectivity index (χ1n) is 4.70. The minimum atomic E-state index is 1.01. The molecule has 0 aliphatic heterocycles. The molecule has 0 bridgehead atoms. The van der Waals surface area contributed by atoms with E-state index in [1.165, 1.54) is 0 Å². The van der Waals surface area contributed by atoms with Crippen LogP contribution in [0.25, 0.3) is 10.6 Å². The van der Waals surface area contributed by atoms with Crippen LogP contribution in [-0.2, 0) is 4.74 Å². The summed E-state index contributed by atoms with van der Waals surface area (Å²) in [6, 6.07) is 10.2. The van der Waals surface area contributed by atoms with Gasteiger partial charge in [0.05, 0.1) is 10.6 Å². The number of aromatic nitrogens is 1. The molecular weight excluding hydrogens is 206 g/mol. The maximum Gasteiger partial charge on any atom is 0.124 e. The molecule has 1 aromatic carbocycles. The fourth-order valence-corrected chi connectivity index (χ4v) is 2.31. The standard InChI is InChI=1S/C12H12NOS/c1-9-11(8-14-2)15-12(13-9)10-6-4-3-5-7-10/h3-8H,1-2H3. The number of ether oxygens (including phenoxy) is 1. The van der Waals surface area contributed by atoms with Gasteiger partial charge in [0.15, 0.2) is 0 Å². The van der Waals surface area contributed by atoms with Crippen molar-refractivity contribution in [3.63, 3.8) is 0 Å². The van der Waals surface area contributed by atoms with Crippen molar-refractivity contribution in [1.29, 1.82) is 0 Å². The molecule has 0 unspecified atom stereocenters. The third-order valence-electron chi connectivity index (χ3n) is 2.08. The van der Waals surface area contributed by atoms with Crippen molar-refractivity contribution < 1.29 is 4.74 Å². The van der Waals surface area contributed by atoms with Gasteiger partial charge in [-0.3, -0.25) is 0 Å². The molecule has 2 nitrogen and oxygen atoms in total. The van der Waals surface area contributed by atoms with E-state index in [1.807, 2.05) is 25.1 Å². The van der Waals surface area contributed by atoms with Gasteiger partial charge in [0.25, 0.3) is 0 Å². The van der Waals surface area contributed by atoms with Crippen LogP contribution in [-0.4, -0.2) is 12.1 Å². The van der Waals surface area contributed by atoms with Crippen molar-refractivity contribution in [1.82, 2.24) is 4.98 Å². The fourth-order valence-electron chi connectivity index (χ4n) is 1.33. The molecule has 0 spiro atoms. The lowest BCUT2D eigenvalue weighted by atomic mass is 10.2. The summed E-state index contributed by atoms with van der Waals surface area (Å²) in [7, 11) is 1.65. The van der Waals surface area contributed by atoms with Gasteiger partial charge in [-0.05, 0) is 6.92 Å². The summed E-state index contributed by atoms with van der Waals surface area (Å²) < 4.78 is 5.00. The van der Waals surface area contributed by atoms with Gasteiger partial charge in [-0.2, -0.15) is 0 Å². The predicted molar refractivity (Wildman–Crippen MR) is 62.7 cm³/mol. The van der Waals surface area contributed by atoms with Crippen LogP contribution in [0.1, 0.15) is 10.6 Å². The highest BCUT2D eigenvalue weighted by atomic mass is 32.1. The molecule has 2 aromatic rings. The molecule has 15 heavy (non-hydrogen) atoms. The molecule has 2 rings (SSSR count). The van der Waals surface area contributed by atoms with E-state index in [9.17, 15) is 0 Å². The molecule has 0 aliphatic rings. The zero-order valence-corrected chi connectivity index (χ0v) is 9.54. The van der Waals surface area contributed by atoms with Crippen LogP contribution in [0, 0.1) is 13.5 Å². The summed E-state index contributed by atoms with van der Waals surface area (Å²) >= 11 is 1.65. The number of aryl methyl sites for hydroxylation is 1. The predicted octanol–water partition coefficient (Wildman–Crippen LogP) is 3.27. The topological polar surface area (TPSA) is 22.1 Å². The van der Waals surface area contributed by atoms with Crippen molar-refractivity contribution in [2.75, 3.05) is 7.11 Å². The number of hydrogen-bond donors (Lipinski definition) is 0. The molecule has 0 N–H and O–H groups in total. The Morgan fingerprint density at radius 2 is 2.00 bits per heavy atom. The minimum absolute atomic E-state index is 1.01. The Hall–Kier alpha value is -1.19. The van der Waals surface area contributed by atoms with Gasteiger partial charge in [-0.25, -0.2) is 4.98 Å². The molecule has 1 aromatic heterocycles. The normalized spacial score (nSPS) is 10.5. The molecule has 77 valence electrons. The van der Waals surface area contributed by atoms with E-state index >= 15 is 0 Å². The first-order valence-corrected chi connectivity index (χ1v) is 5.52. The molecule has 3 heteroatoms. The van der Waals surface area contributed by atoms with Gasteiger partial charge >= 0.3 is 0 Å². The Balaban J connectivity index is 2.34. The van der Waals surface area contributed by atoms with Gasteiger partial charge in [0.1, 0.15) is 11.6 Å². The second kappa shape index (κ2) is 4.55. The summed E-state index contributed by atoms with van der Waals surface area (Å²) in [5.74, 6) is 0. The smallest absolute Gasteiger partial charge is 0.124 e. The number of nitrogens with zero attached hydrogens (tertiary/aromatic N) is 1. The van der Waals surface area contributed by atoms with Crippen LogP contribution >= 0.6 is 11.3 Å². The highest BCUT2D eigenvalue weighted by Crippen LogP contribution is 2.28. The Bertz CT molecular complexity index is 436. The van der Waals surface area contributed by atoms with Crippen LogP contribution in [0.5, 0.6) is 0 Å². The first-order chi connectivity index (χ1) is 7.31. The van der Waals surface area contributed by atoms with Gasteiger partial charge in [0, 0.05) is 12.7 Å². The third-order valence-corrected chi connectivity index (χ3v) is 3.21. The van der Waals surface area contributed by atoms with E-state index in [1.54, 1.807) is 25.1 Å². The molecule has 0 fully saturated rings. The van der Waals surface area contributed by atoms with Crippen LogP contribution in [0.15, 0.2) is 30.3 Å². The lowest BCUT2D eigenvalue weighted by Crippen LogP contribution is -1.82. The lowest BCUT2D eigenvalue weighted by Gasteiger charge is -1.93. The van der Waals surface area contributed by atoms with Crippen molar-refractivity contribution in [2.45, 2.75) is 6.92 Å². The number of rotatable bonds is 3. The van der Waals surface area contributed by atoms with Gasteiger partial charge in [-0.1, -0.05) is 30.3 Å². The number of methoxy groups -OCH3 is 1. The summed E-state index contributed by atoms with van der Waals surface area (Å²) in [4.78, 5) is 5.59. The number of hydrogen-bond acceptors (Lipinski definition) is 3. The molecule has 0 aliphatic carbocycles. The van der Waals surface area contributed by atoms with Gasteiger partial charge in [-0.15, -0.1) is 11.3 Å². The van der Waals surface area contributed by atoms with E-state index in [-0.39, 0.29) is 0 Å². The molecular formula is C12H12NOS. The Morgan fingerprint density at radius 1 is 1.27 bits per heavy atom. The Morgan fingerprint density at radius 3 is 2.67 bits per heavy atom. The SMILES string of the molecule is CO[CH]c1sc(-c2ccccc2)nc1C. The molecule has 0 saturated carbocycles. The van der Waals surface area contributed by atoms with Crippen molar-refractivity contribution >= 4 is 11.3 Å². The Kier molecular flexibility index (Phi) is 3.14. The summed E-state index contributed by atoms with van der Waals surface area (Å²) in [5, 5.41) is 1.04. The summed E-state index contributed by atoms with van der Waals surface area (Å²) in [6.07, 6.45) is 0. The zero-order chi connectivity index (χ0) is 10.7. The molecule has 1 radical (unpaired) electrons. The van der Waals surface area contributed by atoms with E-state index in [0.29, 0.717) is 0 Å². The van der Waals surface area contributed by atoms with Gasteiger partial charge < -0.3 is 4.74 Å². The minimum Gasteiger partial charge on any atom is -0.373 e. The molecule has 0 saturated heterocycles. The second-order valence-corrected chi connectivity index (χ2v) is 4.22. The number of benzene rings is 1. The molecule has 0 atom stereocenters. The van der Waals surface area contributed by atoms with Crippen molar-refractivity contribution in [3.05, 3.63) is 47.5 Å². The van der Waals surface area contributed by atoms with Crippen molar-refractivity contribution in [2.24, 2.45) is 0 Å². The van der Waals surface area contributed by atoms with Crippen LogP contribution in [0.2, 0.25) is 0 Å². The Labute approximate surface area is 93.6 Å². The summed E-state index contributed by atoms with van der Waals surface area (Å²) in [5.41, 5.74) is 2.17. The van der Waals surface area contributed by atoms with E-state index < -0.39 is 0 Å². The monoisotopic (exact) mass is 218 g/mol. The summed E-state index contributed by atoms with van der Waals surface area (Å²) in [6.45, 7) is 3.73. The van der Waals surface area contributed by atoms with E-state index in [4.69, 9.17) is 4.74 Å². The van der Waals surface area contributed by atoms with E-state index in [2.05, 4.69) is 17.1 Å².